The maximum absolute atomic E-state index is 12.2. The van der Waals surface area contributed by atoms with Crippen LogP contribution in [0.1, 0.15) is 16.1 Å². The molecule has 2 heterocycles. The molecule has 0 atom stereocenters. The zero-order valence-corrected chi connectivity index (χ0v) is 11.3. The van der Waals surface area contributed by atoms with Crippen LogP contribution in [0.15, 0.2) is 39.7 Å². The van der Waals surface area contributed by atoms with Crippen molar-refractivity contribution in [3.63, 3.8) is 0 Å². The van der Waals surface area contributed by atoms with Crippen molar-refractivity contribution in [2.45, 2.75) is 6.54 Å². The van der Waals surface area contributed by atoms with Crippen LogP contribution < -0.4 is 0 Å². The average Bonchev–Trinajstić information content (AvgIpc) is 2.87. The molecular formula is C12H13BrN2O2. The lowest BCUT2D eigenvalue weighted by molar-refractivity contribution is 0.0775. The normalized spacial score (nSPS) is 10.5. The van der Waals surface area contributed by atoms with Crippen LogP contribution in [0.4, 0.5) is 0 Å². The van der Waals surface area contributed by atoms with Crippen molar-refractivity contribution in [3.8, 4) is 0 Å². The Morgan fingerprint density at radius 2 is 2.35 bits per heavy atom. The molecule has 0 spiro atoms. The van der Waals surface area contributed by atoms with Gasteiger partial charge in [0.05, 0.1) is 12.5 Å². The Kier molecular flexibility index (Phi) is 3.38. The summed E-state index contributed by atoms with van der Waals surface area (Å²) >= 11 is 3.35. The highest BCUT2D eigenvalue weighted by Gasteiger charge is 2.16. The van der Waals surface area contributed by atoms with E-state index in [2.05, 4.69) is 15.9 Å². The van der Waals surface area contributed by atoms with Gasteiger partial charge in [0.1, 0.15) is 5.69 Å². The molecule has 0 N–H and O–H groups in total. The Bertz CT molecular complexity index is 517. The largest absolute Gasteiger partial charge is 0.472 e. The predicted molar refractivity (Wildman–Crippen MR) is 67.6 cm³/mol. The van der Waals surface area contributed by atoms with Crippen LogP contribution in [0.25, 0.3) is 0 Å². The Balaban J connectivity index is 2.12. The van der Waals surface area contributed by atoms with Gasteiger partial charge in [-0.1, -0.05) is 0 Å². The van der Waals surface area contributed by atoms with Gasteiger partial charge in [-0.3, -0.25) is 4.79 Å². The quantitative estimate of drug-likeness (QED) is 0.873. The summed E-state index contributed by atoms with van der Waals surface area (Å²) in [5.74, 6) is -0.0144. The van der Waals surface area contributed by atoms with E-state index in [1.54, 1.807) is 29.0 Å². The minimum absolute atomic E-state index is 0.0144. The fourth-order valence-electron chi connectivity index (χ4n) is 1.66. The van der Waals surface area contributed by atoms with Gasteiger partial charge in [0.25, 0.3) is 5.91 Å². The maximum atomic E-state index is 12.2. The van der Waals surface area contributed by atoms with Crippen LogP contribution >= 0.6 is 15.9 Å². The predicted octanol–water partition coefficient (Wildman–Crippen LogP) is 2.65. The number of hydrogen-bond donors (Lipinski definition) is 0. The molecule has 0 saturated carbocycles. The summed E-state index contributed by atoms with van der Waals surface area (Å²) in [6.07, 6.45) is 5.11. The van der Waals surface area contributed by atoms with Crippen molar-refractivity contribution in [1.82, 2.24) is 9.47 Å². The topological polar surface area (TPSA) is 38.4 Å². The molecule has 0 aliphatic carbocycles. The fourth-order valence-corrected chi connectivity index (χ4v) is 2.18. The van der Waals surface area contributed by atoms with E-state index in [9.17, 15) is 4.79 Å². The first-order valence-electron chi connectivity index (χ1n) is 5.16. The summed E-state index contributed by atoms with van der Waals surface area (Å²) in [5, 5.41) is 0. The van der Waals surface area contributed by atoms with E-state index < -0.39 is 0 Å². The van der Waals surface area contributed by atoms with Gasteiger partial charge in [0, 0.05) is 36.9 Å². The molecule has 1 amide bonds. The van der Waals surface area contributed by atoms with Gasteiger partial charge in [-0.25, -0.2) is 0 Å². The molecule has 5 heteroatoms. The number of halogens is 1. The van der Waals surface area contributed by atoms with Crippen molar-refractivity contribution in [3.05, 3.63) is 46.6 Å². The maximum Gasteiger partial charge on any atom is 0.270 e. The van der Waals surface area contributed by atoms with Gasteiger partial charge in [-0.15, -0.1) is 0 Å². The number of amides is 1. The van der Waals surface area contributed by atoms with Gasteiger partial charge in [0.2, 0.25) is 0 Å². The summed E-state index contributed by atoms with van der Waals surface area (Å²) in [5.41, 5.74) is 1.64. The summed E-state index contributed by atoms with van der Waals surface area (Å²) in [7, 11) is 3.62. The second-order valence-electron chi connectivity index (χ2n) is 3.95. The number of hydrogen-bond acceptors (Lipinski definition) is 2. The van der Waals surface area contributed by atoms with Crippen LogP contribution in [-0.2, 0) is 13.6 Å². The Labute approximate surface area is 108 Å². The monoisotopic (exact) mass is 296 g/mol. The summed E-state index contributed by atoms with van der Waals surface area (Å²) in [6.45, 7) is 0.540. The lowest BCUT2D eigenvalue weighted by atomic mass is 10.3. The summed E-state index contributed by atoms with van der Waals surface area (Å²) in [6, 6.07) is 3.67. The Morgan fingerprint density at radius 1 is 1.59 bits per heavy atom. The highest BCUT2D eigenvalue weighted by Crippen LogP contribution is 2.16. The molecule has 0 aromatic carbocycles. The third kappa shape index (κ3) is 2.61. The van der Waals surface area contributed by atoms with Crippen LogP contribution in [-0.4, -0.2) is 22.4 Å². The number of nitrogens with zero attached hydrogens (tertiary/aromatic N) is 2. The highest BCUT2D eigenvalue weighted by molar-refractivity contribution is 9.10. The van der Waals surface area contributed by atoms with Crippen molar-refractivity contribution in [2.24, 2.45) is 7.05 Å². The van der Waals surface area contributed by atoms with Crippen LogP contribution in [0.3, 0.4) is 0 Å². The molecule has 2 aromatic heterocycles. The Morgan fingerprint density at radius 3 is 2.88 bits per heavy atom. The molecule has 0 unspecified atom stereocenters. The molecule has 0 aliphatic heterocycles. The van der Waals surface area contributed by atoms with E-state index >= 15 is 0 Å². The van der Waals surface area contributed by atoms with E-state index in [0.717, 1.165) is 10.0 Å². The molecular weight excluding hydrogens is 284 g/mol. The third-order valence-corrected chi connectivity index (χ3v) is 2.97. The molecule has 4 nitrogen and oxygen atoms in total. The van der Waals surface area contributed by atoms with Gasteiger partial charge in [-0.05, 0) is 28.1 Å². The van der Waals surface area contributed by atoms with E-state index in [4.69, 9.17) is 4.42 Å². The van der Waals surface area contributed by atoms with Gasteiger partial charge in [-0.2, -0.15) is 0 Å². The molecule has 90 valence electrons. The SMILES string of the molecule is CN(Cc1ccoc1)C(=O)c1cc(Br)cn1C. The van der Waals surface area contributed by atoms with Crippen molar-refractivity contribution in [1.29, 1.82) is 0 Å². The van der Waals surface area contributed by atoms with E-state index in [-0.39, 0.29) is 5.91 Å². The molecule has 0 radical (unpaired) electrons. The number of aryl methyl sites for hydroxylation is 1. The van der Waals surface area contributed by atoms with Crippen LogP contribution in [0.5, 0.6) is 0 Å². The van der Waals surface area contributed by atoms with Gasteiger partial charge in [0.15, 0.2) is 0 Å². The minimum atomic E-state index is -0.0144. The van der Waals surface area contributed by atoms with Crippen LogP contribution in [0.2, 0.25) is 0 Å². The van der Waals surface area contributed by atoms with Gasteiger partial charge < -0.3 is 13.9 Å². The highest BCUT2D eigenvalue weighted by atomic mass is 79.9. The van der Waals surface area contributed by atoms with Crippen molar-refractivity contribution >= 4 is 21.8 Å². The van der Waals surface area contributed by atoms with E-state index in [0.29, 0.717) is 12.2 Å². The van der Waals surface area contributed by atoms with E-state index in [1.165, 1.54) is 0 Å². The van der Waals surface area contributed by atoms with Crippen molar-refractivity contribution in [2.75, 3.05) is 7.05 Å². The van der Waals surface area contributed by atoms with Crippen LogP contribution in [0, 0.1) is 0 Å². The molecule has 0 aliphatic rings. The number of aromatic nitrogens is 1. The molecule has 17 heavy (non-hydrogen) atoms. The first-order chi connectivity index (χ1) is 8.08. The van der Waals surface area contributed by atoms with E-state index in [1.807, 2.05) is 25.4 Å². The number of carbonyl (C=O) groups is 1. The lowest BCUT2D eigenvalue weighted by Crippen LogP contribution is -2.27. The molecule has 2 rings (SSSR count). The molecule has 2 aromatic rings. The lowest BCUT2D eigenvalue weighted by Gasteiger charge is -2.16. The molecule has 0 fully saturated rings. The second-order valence-corrected chi connectivity index (χ2v) is 4.86. The molecule has 0 saturated heterocycles. The summed E-state index contributed by atoms with van der Waals surface area (Å²) in [4.78, 5) is 13.8. The third-order valence-electron chi connectivity index (χ3n) is 2.54. The second kappa shape index (κ2) is 4.79. The minimum Gasteiger partial charge on any atom is -0.472 e. The smallest absolute Gasteiger partial charge is 0.270 e. The molecule has 0 bridgehead atoms. The first-order valence-corrected chi connectivity index (χ1v) is 5.95. The van der Waals surface area contributed by atoms with Gasteiger partial charge >= 0.3 is 0 Å². The number of furan rings is 1. The number of rotatable bonds is 3. The first kappa shape index (κ1) is 12.0. The average molecular weight is 297 g/mol. The Hall–Kier alpha value is -1.49. The van der Waals surface area contributed by atoms with Crippen molar-refractivity contribution < 1.29 is 9.21 Å². The summed E-state index contributed by atoms with van der Waals surface area (Å²) < 4.78 is 7.68. The fraction of sp³-hybridized carbons (Fsp3) is 0.250. The standard InChI is InChI=1S/C12H13BrN2O2/c1-14-7-10(13)5-11(14)12(16)15(2)6-9-3-4-17-8-9/h3-5,7-8H,6H2,1-2H3. The number of carbonyl (C=O) groups excluding carboxylic acids is 1. The zero-order valence-electron chi connectivity index (χ0n) is 9.68. The zero-order chi connectivity index (χ0) is 12.4.